The van der Waals surface area contributed by atoms with E-state index in [4.69, 9.17) is 4.74 Å². The number of rotatable bonds is 3. The van der Waals surface area contributed by atoms with Crippen molar-refractivity contribution in [1.29, 1.82) is 0 Å². The molecule has 0 rings (SSSR count). The molecule has 0 bridgehead atoms. The normalized spacial score (nSPS) is 9.58. The summed E-state index contributed by atoms with van der Waals surface area (Å²) in [5, 5.41) is 0. The third-order valence-corrected chi connectivity index (χ3v) is 1.83. The monoisotopic (exact) mass is 180 g/mol. The number of allylic oxidation sites excluding steroid dienone is 1. The number of hydrogen-bond donors (Lipinski definition) is 0. The molecule has 0 spiro atoms. The summed E-state index contributed by atoms with van der Waals surface area (Å²) in [6.07, 6.45) is 1.68. The third kappa shape index (κ3) is 7.17. The van der Waals surface area contributed by atoms with Crippen molar-refractivity contribution in [3.8, 4) is 11.5 Å². The molecule has 0 aliphatic heterocycles. The van der Waals surface area contributed by atoms with Crippen LogP contribution in [0.5, 0.6) is 0 Å². The molecule has 0 amide bonds. The Morgan fingerprint density at radius 2 is 2.08 bits per heavy atom. The fraction of sp³-hybridized carbons (Fsp3) is 0.400. The van der Waals surface area contributed by atoms with Gasteiger partial charge in [-0.05, 0) is 12.5 Å². The van der Waals surface area contributed by atoms with Crippen molar-refractivity contribution in [2.45, 2.75) is 19.6 Å². The van der Waals surface area contributed by atoms with Gasteiger partial charge in [-0.3, -0.25) is 0 Å². The van der Waals surface area contributed by atoms with Crippen molar-refractivity contribution < 1.29 is 4.74 Å². The van der Waals surface area contributed by atoms with Gasteiger partial charge in [0.25, 0.3) is 0 Å². The summed E-state index contributed by atoms with van der Waals surface area (Å²) in [6.45, 7) is 14.2. The summed E-state index contributed by atoms with van der Waals surface area (Å²) in [6, 6.07) is 0. The van der Waals surface area contributed by atoms with E-state index in [0.29, 0.717) is 12.4 Å². The SMILES string of the molecule is C=CCOC(=C)C#C[Si](C)(C)C. The molecule has 0 aliphatic rings. The van der Waals surface area contributed by atoms with E-state index in [1.807, 2.05) is 0 Å². The summed E-state index contributed by atoms with van der Waals surface area (Å²) in [5.41, 5.74) is 3.16. The van der Waals surface area contributed by atoms with Gasteiger partial charge < -0.3 is 4.74 Å². The first-order valence-corrected chi connectivity index (χ1v) is 7.41. The van der Waals surface area contributed by atoms with Crippen LogP contribution in [-0.4, -0.2) is 14.7 Å². The van der Waals surface area contributed by atoms with Gasteiger partial charge in [0.2, 0.25) is 0 Å². The summed E-state index contributed by atoms with van der Waals surface area (Å²) >= 11 is 0. The topological polar surface area (TPSA) is 9.23 Å². The van der Waals surface area contributed by atoms with Crippen molar-refractivity contribution in [3.05, 3.63) is 25.0 Å². The lowest BCUT2D eigenvalue weighted by atomic mass is 10.6. The predicted molar refractivity (Wildman–Crippen MR) is 56.4 cm³/mol. The van der Waals surface area contributed by atoms with E-state index in [9.17, 15) is 0 Å². The molecule has 0 atom stereocenters. The molecule has 0 aromatic carbocycles. The quantitative estimate of drug-likeness (QED) is 0.281. The molecule has 66 valence electrons. The minimum absolute atomic E-state index is 0.485. The summed E-state index contributed by atoms with van der Waals surface area (Å²) in [4.78, 5) is 0. The Balaban J connectivity index is 3.96. The van der Waals surface area contributed by atoms with Gasteiger partial charge in [0, 0.05) is 0 Å². The van der Waals surface area contributed by atoms with Crippen LogP contribution < -0.4 is 0 Å². The second-order valence-electron chi connectivity index (χ2n) is 3.52. The highest BCUT2D eigenvalue weighted by molar-refractivity contribution is 6.83. The van der Waals surface area contributed by atoms with Crippen LogP contribution in [0, 0.1) is 11.5 Å². The van der Waals surface area contributed by atoms with Gasteiger partial charge in [-0.1, -0.05) is 32.3 Å². The van der Waals surface area contributed by atoms with E-state index in [1.165, 1.54) is 0 Å². The molecule has 0 saturated carbocycles. The predicted octanol–water partition coefficient (Wildman–Crippen LogP) is 2.58. The molecule has 0 aromatic heterocycles. The Bertz CT molecular complexity index is 224. The lowest BCUT2D eigenvalue weighted by molar-refractivity contribution is 0.267. The van der Waals surface area contributed by atoms with E-state index < -0.39 is 8.07 Å². The summed E-state index contributed by atoms with van der Waals surface area (Å²) in [5.74, 6) is 3.44. The van der Waals surface area contributed by atoms with E-state index >= 15 is 0 Å². The van der Waals surface area contributed by atoms with Gasteiger partial charge in [0.15, 0.2) is 5.76 Å². The standard InChI is InChI=1S/C10H16OSi/c1-6-8-11-10(2)7-9-12(3,4)5/h6H,1-2,8H2,3-5H3. The largest absolute Gasteiger partial charge is 0.482 e. The smallest absolute Gasteiger partial charge is 0.162 e. The van der Waals surface area contributed by atoms with Gasteiger partial charge in [0.1, 0.15) is 14.7 Å². The van der Waals surface area contributed by atoms with Gasteiger partial charge >= 0.3 is 0 Å². The molecule has 0 fully saturated rings. The minimum atomic E-state index is -1.29. The molecule has 0 N–H and O–H groups in total. The van der Waals surface area contributed by atoms with Crippen molar-refractivity contribution >= 4 is 8.07 Å². The van der Waals surface area contributed by atoms with Gasteiger partial charge in [-0.15, -0.1) is 5.54 Å². The molecular formula is C10H16OSi. The Kier molecular flexibility index (Phi) is 4.46. The Morgan fingerprint density at radius 1 is 1.50 bits per heavy atom. The fourth-order valence-electron chi connectivity index (χ4n) is 0.453. The molecule has 2 heteroatoms. The highest BCUT2D eigenvalue weighted by atomic mass is 28.3. The molecule has 0 radical (unpaired) electrons. The maximum absolute atomic E-state index is 5.12. The van der Waals surface area contributed by atoms with Crippen LogP contribution in [-0.2, 0) is 4.74 Å². The first-order chi connectivity index (χ1) is 5.45. The Hall–Kier alpha value is -0.943. The first kappa shape index (κ1) is 11.1. The van der Waals surface area contributed by atoms with Crippen LogP contribution in [0.15, 0.2) is 25.0 Å². The van der Waals surface area contributed by atoms with Gasteiger partial charge in [-0.2, -0.15) is 0 Å². The number of ether oxygens (including phenoxy) is 1. The van der Waals surface area contributed by atoms with Gasteiger partial charge in [-0.25, -0.2) is 0 Å². The maximum Gasteiger partial charge on any atom is 0.162 e. The molecule has 0 aliphatic carbocycles. The third-order valence-electron chi connectivity index (χ3n) is 0.952. The first-order valence-electron chi connectivity index (χ1n) is 3.91. The lowest BCUT2D eigenvalue weighted by Gasteiger charge is -2.04. The highest BCUT2D eigenvalue weighted by Gasteiger charge is 2.07. The van der Waals surface area contributed by atoms with E-state index in [0.717, 1.165) is 0 Å². The second-order valence-corrected chi connectivity index (χ2v) is 8.27. The molecule has 1 nitrogen and oxygen atoms in total. The molecule has 0 heterocycles. The zero-order chi connectivity index (χ0) is 9.61. The van der Waals surface area contributed by atoms with Crippen molar-refractivity contribution in [2.24, 2.45) is 0 Å². The molecule has 0 unspecified atom stereocenters. The molecule has 0 aromatic rings. The van der Waals surface area contributed by atoms with Crippen LogP contribution in [0.2, 0.25) is 19.6 Å². The van der Waals surface area contributed by atoms with E-state index in [-0.39, 0.29) is 0 Å². The Morgan fingerprint density at radius 3 is 2.50 bits per heavy atom. The second kappa shape index (κ2) is 4.84. The van der Waals surface area contributed by atoms with E-state index in [2.05, 4.69) is 44.3 Å². The summed E-state index contributed by atoms with van der Waals surface area (Å²) in [7, 11) is -1.29. The van der Waals surface area contributed by atoms with Gasteiger partial charge in [0.05, 0.1) is 0 Å². The minimum Gasteiger partial charge on any atom is -0.482 e. The van der Waals surface area contributed by atoms with Crippen LogP contribution in [0.4, 0.5) is 0 Å². The molecular weight excluding hydrogens is 164 g/mol. The highest BCUT2D eigenvalue weighted by Crippen LogP contribution is 1.98. The maximum atomic E-state index is 5.12. The zero-order valence-electron chi connectivity index (χ0n) is 8.11. The van der Waals surface area contributed by atoms with Crippen molar-refractivity contribution in [2.75, 3.05) is 6.61 Å². The van der Waals surface area contributed by atoms with Crippen molar-refractivity contribution in [1.82, 2.24) is 0 Å². The lowest BCUT2D eigenvalue weighted by Crippen LogP contribution is -2.16. The van der Waals surface area contributed by atoms with Crippen LogP contribution >= 0.6 is 0 Å². The van der Waals surface area contributed by atoms with Crippen LogP contribution in [0.3, 0.4) is 0 Å². The number of hydrogen-bond acceptors (Lipinski definition) is 1. The zero-order valence-corrected chi connectivity index (χ0v) is 9.11. The average Bonchev–Trinajstić information content (AvgIpc) is 1.95. The Labute approximate surface area is 76.1 Å². The molecule has 0 saturated heterocycles. The van der Waals surface area contributed by atoms with Crippen molar-refractivity contribution in [3.63, 3.8) is 0 Å². The summed E-state index contributed by atoms with van der Waals surface area (Å²) < 4.78 is 5.12. The average molecular weight is 180 g/mol. The molecule has 12 heavy (non-hydrogen) atoms. The van der Waals surface area contributed by atoms with Crippen LogP contribution in [0.25, 0.3) is 0 Å². The van der Waals surface area contributed by atoms with E-state index in [1.54, 1.807) is 6.08 Å². The van der Waals surface area contributed by atoms with Crippen LogP contribution in [0.1, 0.15) is 0 Å². The fourth-order valence-corrected chi connectivity index (χ4v) is 0.967.